The van der Waals surface area contributed by atoms with Gasteiger partial charge in [0, 0.05) is 17.7 Å². The second-order valence-electron chi connectivity index (χ2n) is 6.36. The van der Waals surface area contributed by atoms with E-state index in [-0.39, 0.29) is 18.4 Å². The first-order chi connectivity index (χ1) is 12.1. The Labute approximate surface area is 150 Å². The van der Waals surface area contributed by atoms with Crippen LogP contribution in [0.1, 0.15) is 39.3 Å². The average Bonchev–Trinajstić information content (AvgIpc) is 3.07. The second-order valence-corrected chi connectivity index (χ2v) is 6.36. The molecule has 0 aliphatic carbocycles. The maximum absolute atomic E-state index is 12.2. The van der Waals surface area contributed by atoms with Gasteiger partial charge in [0.2, 0.25) is 5.91 Å². The van der Waals surface area contributed by atoms with Gasteiger partial charge in [-0.05, 0) is 39.4 Å². The van der Waals surface area contributed by atoms with Gasteiger partial charge in [0.15, 0.2) is 5.76 Å². The summed E-state index contributed by atoms with van der Waals surface area (Å²) < 4.78 is 5.34. The van der Waals surface area contributed by atoms with Gasteiger partial charge in [0.25, 0.3) is 0 Å². The molecule has 0 aliphatic rings. The number of carbonyl (C=O) groups is 1. The zero-order valence-corrected chi connectivity index (χ0v) is 15.5. The highest BCUT2D eigenvalue weighted by Crippen LogP contribution is 2.19. The van der Waals surface area contributed by atoms with E-state index in [4.69, 9.17) is 4.52 Å². The van der Waals surface area contributed by atoms with Crippen molar-refractivity contribution in [3.63, 3.8) is 0 Å². The van der Waals surface area contributed by atoms with Crippen molar-refractivity contribution in [2.75, 3.05) is 19.6 Å². The normalized spacial score (nSPS) is 12.3. The first kappa shape index (κ1) is 19.2. The summed E-state index contributed by atoms with van der Waals surface area (Å²) in [5.41, 5.74) is 1.62. The third-order valence-corrected chi connectivity index (χ3v) is 4.37. The molecule has 2 aromatic rings. The summed E-state index contributed by atoms with van der Waals surface area (Å²) in [4.78, 5) is 14.6. The highest BCUT2D eigenvalue weighted by molar-refractivity contribution is 5.78. The van der Waals surface area contributed by atoms with Crippen molar-refractivity contribution in [2.24, 2.45) is 0 Å². The third-order valence-electron chi connectivity index (χ3n) is 4.37. The molecule has 5 nitrogen and oxygen atoms in total. The lowest BCUT2D eigenvalue weighted by atomic mass is 10.1. The van der Waals surface area contributed by atoms with Gasteiger partial charge in [-0.3, -0.25) is 4.79 Å². The Bertz CT molecular complexity index is 635. The average molecular weight is 343 g/mol. The molecule has 1 heterocycles. The molecule has 0 saturated carbocycles. The smallest absolute Gasteiger partial charge is 0.226 e. The molecule has 1 aromatic carbocycles. The molecule has 0 aliphatic heterocycles. The van der Waals surface area contributed by atoms with Gasteiger partial charge in [-0.1, -0.05) is 49.3 Å². The number of rotatable bonds is 10. The monoisotopic (exact) mass is 343 g/mol. The van der Waals surface area contributed by atoms with E-state index < -0.39 is 0 Å². The maximum Gasteiger partial charge on any atom is 0.226 e. The van der Waals surface area contributed by atoms with E-state index in [0.717, 1.165) is 38.0 Å². The van der Waals surface area contributed by atoms with Crippen LogP contribution in [0, 0.1) is 0 Å². The molecule has 25 heavy (non-hydrogen) atoms. The molecule has 0 radical (unpaired) electrons. The Morgan fingerprint density at radius 2 is 1.96 bits per heavy atom. The van der Waals surface area contributed by atoms with Crippen LogP contribution in [0.15, 0.2) is 40.9 Å². The first-order valence-electron chi connectivity index (χ1n) is 9.15. The van der Waals surface area contributed by atoms with Crippen molar-refractivity contribution in [1.82, 2.24) is 15.4 Å². The summed E-state index contributed by atoms with van der Waals surface area (Å²) in [6.45, 7) is 9.64. The molecule has 5 heteroatoms. The molecule has 0 bridgehead atoms. The van der Waals surface area contributed by atoms with E-state index in [1.807, 2.05) is 36.4 Å². The van der Waals surface area contributed by atoms with Gasteiger partial charge in [0.05, 0.1) is 12.1 Å². The molecule has 1 atom stereocenters. The Kier molecular flexibility index (Phi) is 7.67. The second kappa shape index (κ2) is 9.99. The fraction of sp³-hybridized carbons (Fsp3) is 0.500. The quantitative estimate of drug-likeness (QED) is 0.717. The lowest BCUT2D eigenvalue weighted by molar-refractivity contribution is -0.121. The predicted molar refractivity (Wildman–Crippen MR) is 100 cm³/mol. The number of hydrogen-bond donors (Lipinski definition) is 1. The van der Waals surface area contributed by atoms with Crippen LogP contribution in [0.4, 0.5) is 0 Å². The standard InChI is InChI=1S/C20H29N3O2/c1-4-23(5-2)13-9-10-16(3)21-20(24)15-18-14-19(25-22-18)17-11-7-6-8-12-17/h6-8,11-12,14,16H,4-5,9-10,13,15H2,1-3H3,(H,21,24). The zero-order chi connectivity index (χ0) is 18.1. The van der Waals surface area contributed by atoms with Gasteiger partial charge in [-0.2, -0.15) is 0 Å². The lowest BCUT2D eigenvalue weighted by Gasteiger charge is -2.19. The molecule has 0 spiro atoms. The fourth-order valence-electron chi connectivity index (χ4n) is 2.86. The van der Waals surface area contributed by atoms with E-state index in [1.54, 1.807) is 0 Å². The van der Waals surface area contributed by atoms with Crippen molar-refractivity contribution in [2.45, 2.75) is 46.1 Å². The minimum absolute atomic E-state index is 0.0109. The summed E-state index contributed by atoms with van der Waals surface area (Å²) in [5.74, 6) is 0.680. The van der Waals surface area contributed by atoms with Crippen LogP contribution in [0.3, 0.4) is 0 Å². The van der Waals surface area contributed by atoms with Gasteiger partial charge < -0.3 is 14.7 Å². The minimum Gasteiger partial charge on any atom is -0.356 e. The predicted octanol–water partition coefficient (Wildman–Crippen LogP) is 3.51. The molecular weight excluding hydrogens is 314 g/mol. The fourth-order valence-corrected chi connectivity index (χ4v) is 2.86. The topological polar surface area (TPSA) is 58.4 Å². The van der Waals surface area contributed by atoms with Gasteiger partial charge in [-0.15, -0.1) is 0 Å². The summed E-state index contributed by atoms with van der Waals surface area (Å²) in [6, 6.07) is 11.8. The lowest BCUT2D eigenvalue weighted by Crippen LogP contribution is -2.34. The minimum atomic E-state index is -0.0109. The molecular formula is C20H29N3O2. The largest absolute Gasteiger partial charge is 0.356 e. The number of benzene rings is 1. The number of carbonyl (C=O) groups excluding carboxylic acids is 1. The maximum atomic E-state index is 12.2. The first-order valence-corrected chi connectivity index (χ1v) is 9.15. The zero-order valence-electron chi connectivity index (χ0n) is 15.5. The van der Waals surface area contributed by atoms with E-state index in [1.165, 1.54) is 0 Å². The van der Waals surface area contributed by atoms with E-state index >= 15 is 0 Å². The van der Waals surface area contributed by atoms with Crippen molar-refractivity contribution in [3.8, 4) is 11.3 Å². The Morgan fingerprint density at radius 3 is 2.64 bits per heavy atom. The highest BCUT2D eigenvalue weighted by Gasteiger charge is 2.13. The number of nitrogens with one attached hydrogen (secondary N) is 1. The Hall–Kier alpha value is -2.14. The van der Waals surface area contributed by atoms with Crippen LogP contribution in [0.2, 0.25) is 0 Å². The van der Waals surface area contributed by atoms with Crippen LogP contribution >= 0.6 is 0 Å². The van der Waals surface area contributed by atoms with Crippen LogP contribution < -0.4 is 5.32 Å². The van der Waals surface area contributed by atoms with Crippen molar-refractivity contribution < 1.29 is 9.32 Å². The summed E-state index contributed by atoms with van der Waals surface area (Å²) in [7, 11) is 0. The molecule has 136 valence electrons. The molecule has 2 rings (SSSR count). The number of aromatic nitrogens is 1. The van der Waals surface area contributed by atoms with Crippen LogP contribution in [0.5, 0.6) is 0 Å². The van der Waals surface area contributed by atoms with Crippen LogP contribution in [-0.4, -0.2) is 41.6 Å². The van der Waals surface area contributed by atoms with E-state index in [0.29, 0.717) is 11.5 Å². The summed E-state index contributed by atoms with van der Waals surface area (Å²) >= 11 is 0. The van der Waals surface area contributed by atoms with Gasteiger partial charge in [-0.25, -0.2) is 0 Å². The van der Waals surface area contributed by atoms with Crippen LogP contribution in [0.25, 0.3) is 11.3 Å². The third kappa shape index (κ3) is 6.35. The highest BCUT2D eigenvalue weighted by atomic mass is 16.5. The molecule has 1 aromatic heterocycles. The summed E-state index contributed by atoms with van der Waals surface area (Å²) in [5, 5.41) is 7.05. The number of nitrogens with zero attached hydrogens (tertiary/aromatic N) is 2. The number of hydrogen-bond acceptors (Lipinski definition) is 4. The van der Waals surface area contributed by atoms with E-state index in [9.17, 15) is 4.79 Å². The molecule has 1 unspecified atom stereocenters. The molecule has 0 saturated heterocycles. The Balaban J connectivity index is 1.75. The van der Waals surface area contributed by atoms with Crippen molar-refractivity contribution in [1.29, 1.82) is 0 Å². The van der Waals surface area contributed by atoms with Crippen molar-refractivity contribution in [3.05, 3.63) is 42.1 Å². The van der Waals surface area contributed by atoms with E-state index in [2.05, 4.69) is 36.1 Å². The molecule has 1 amide bonds. The molecule has 0 fully saturated rings. The number of amides is 1. The van der Waals surface area contributed by atoms with Crippen molar-refractivity contribution >= 4 is 5.91 Å². The SMILES string of the molecule is CCN(CC)CCCC(C)NC(=O)Cc1cc(-c2ccccc2)on1. The van der Waals surface area contributed by atoms with Gasteiger partial charge in [0.1, 0.15) is 0 Å². The molecule has 1 N–H and O–H groups in total. The summed E-state index contributed by atoms with van der Waals surface area (Å²) in [6.07, 6.45) is 2.32. The Morgan fingerprint density at radius 1 is 1.24 bits per heavy atom. The van der Waals surface area contributed by atoms with Gasteiger partial charge >= 0.3 is 0 Å². The van der Waals surface area contributed by atoms with Crippen LogP contribution in [-0.2, 0) is 11.2 Å².